The van der Waals surface area contributed by atoms with Gasteiger partial charge in [0.05, 0.1) is 16.9 Å². The van der Waals surface area contributed by atoms with E-state index in [0.29, 0.717) is 23.0 Å². The van der Waals surface area contributed by atoms with Crippen molar-refractivity contribution >= 4 is 28.9 Å². The van der Waals surface area contributed by atoms with Gasteiger partial charge in [-0.1, -0.05) is 23.7 Å². The standard InChI is InChI=1S/C21H16ClN3O5/c22-15-5-3-14(4-6-15)18-12-19(20-2-1-11-29-20)24(23-18)21(26)13-30-17-9-7-16(8-10-17)25(27)28/h1-11,19H,12-13H2. The van der Waals surface area contributed by atoms with Crippen molar-refractivity contribution < 1.29 is 18.9 Å². The molecule has 0 bridgehead atoms. The van der Waals surface area contributed by atoms with Crippen LogP contribution in [-0.4, -0.2) is 28.2 Å². The van der Waals surface area contributed by atoms with E-state index >= 15 is 0 Å². The van der Waals surface area contributed by atoms with Crippen molar-refractivity contribution in [1.29, 1.82) is 0 Å². The van der Waals surface area contributed by atoms with E-state index in [-0.39, 0.29) is 18.2 Å². The highest BCUT2D eigenvalue weighted by Crippen LogP contribution is 2.33. The predicted octanol–water partition coefficient (Wildman–Crippen LogP) is 4.60. The Morgan fingerprint density at radius 1 is 1.20 bits per heavy atom. The molecule has 152 valence electrons. The summed E-state index contributed by atoms with van der Waals surface area (Å²) in [6, 6.07) is 15.9. The molecule has 0 fully saturated rings. The van der Waals surface area contributed by atoms with Gasteiger partial charge in [0.15, 0.2) is 6.61 Å². The molecule has 0 saturated heterocycles. The minimum absolute atomic E-state index is 0.0525. The van der Waals surface area contributed by atoms with Crippen LogP contribution in [0.4, 0.5) is 5.69 Å². The molecule has 4 rings (SSSR count). The minimum Gasteiger partial charge on any atom is -0.484 e. The number of hydrazone groups is 1. The van der Waals surface area contributed by atoms with Gasteiger partial charge >= 0.3 is 0 Å². The van der Waals surface area contributed by atoms with Gasteiger partial charge in [0.25, 0.3) is 11.6 Å². The molecule has 1 aliphatic rings. The smallest absolute Gasteiger partial charge is 0.281 e. The first-order valence-corrected chi connectivity index (χ1v) is 9.45. The molecule has 1 aromatic heterocycles. The fourth-order valence-electron chi connectivity index (χ4n) is 3.13. The lowest BCUT2D eigenvalue weighted by atomic mass is 10.0. The second-order valence-electron chi connectivity index (χ2n) is 6.57. The predicted molar refractivity (Wildman–Crippen MR) is 109 cm³/mol. The number of nitro groups is 1. The van der Waals surface area contributed by atoms with E-state index < -0.39 is 11.0 Å². The molecule has 9 heteroatoms. The Morgan fingerprint density at radius 3 is 2.57 bits per heavy atom. The largest absolute Gasteiger partial charge is 0.484 e. The van der Waals surface area contributed by atoms with E-state index in [1.807, 2.05) is 12.1 Å². The summed E-state index contributed by atoms with van der Waals surface area (Å²) in [6.07, 6.45) is 2.03. The average molecular weight is 426 g/mol. The fraction of sp³-hybridized carbons (Fsp3) is 0.143. The molecule has 3 aromatic rings. The number of carbonyl (C=O) groups excluding carboxylic acids is 1. The van der Waals surface area contributed by atoms with E-state index in [1.54, 1.807) is 30.5 Å². The third-order valence-electron chi connectivity index (χ3n) is 4.62. The average Bonchev–Trinajstić information content (AvgIpc) is 3.43. The third kappa shape index (κ3) is 4.18. The lowest BCUT2D eigenvalue weighted by Crippen LogP contribution is -2.31. The molecule has 0 aliphatic carbocycles. The number of nitrogens with zero attached hydrogens (tertiary/aromatic N) is 3. The summed E-state index contributed by atoms with van der Waals surface area (Å²) in [6.45, 7) is -0.271. The Labute approximate surface area is 176 Å². The molecule has 2 heterocycles. The molecule has 30 heavy (non-hydrogen) atoms. The number of ether oxygens (including phenoxy) is 1. The zero-order valence-electron chi connectivity index (χ0n) is 15.6. The molecular weight excluding hydrogens is 410 g/mol. The van der Waals surface area contributed by atoms with Crippen LogP contribution in [0, 0.1) is 10.1 Å². The van der Waals surface area contributed by atoms with E-state index in [0.717, 1.165) is 11.3 Å². The van der Waals surface area contributed by atoms with Gasteiger partial charge in [0.1, 0.15) is 17.6 Å². The molecule has 0 N–H and O–H groups in total. The molecule has 8 nitrogen and oxygen atoms in total. The molecule has 2 aromatic carbocycles. The van der Waals surface area contributed by atoms with Gasteiger partial charge in [-0.3, -0.25) is 14.9 Å². The summed E-state index contributed by atoms with van der Waals surface area (Å²) in [7, 11) is 0. The molecule has 0 spiro atoms. The fourth-order valence-corrected chi connectivity index (χ4v) is 3.26. The number of nitro benzene ring substituents is 1. The van der Waals surface area contributed by atoms with Gasteiger partial charge in [0.2, 0.25) is 0 Å². The molecule has 1 aliphatic heterocycles. The summed E-state index contributed by atoms with van der Waals surface area (Å²) in [5.41, 5.74) is 1.54. The number of furan rings is 1. The van der Waals surface area contributed by atoms with Gasteiger partial charge in [-0.15, -0.1) is 0 Å². The van der Waals surface area contributed by atoms with Crippen LogP contribution in [0.2, 0.25) is 5.02 Å². The van der Waals surface area contributed by atoms with Crippen molar-refractivity contribution in [2.24, 2.45) is 5.10 Å². The number of amides is 1. The van der Waals surface area contributed by atoms with Crippen molar-refractivity contribution in [2.45, 2.75) is 12.5 Å². The molecule has 1 unspecified atom stereocenters. The molecule has 0 saturated carbocycles. The van der Waals surface area contributed by atoms with E-state index in [2.05, 4.69) is 5.10 Å². The second-order valence-corrected chi connectivity index (χ2v) is 7.00. The van der Waals surface area contributed by atoms with E-state index in [9.17, 15) is 14.9 Å². The van der Waals surface area contributed by atoms with Crippen molar-refractivity contribution in [3.63, 3.8) is 0 Å². The van der Waals surface area contributed by atoms with Gasteiger partial charge in [-0.25, -0.2) is 5.01 Å². The maximum absolute atomic E-state index is 12.9. The Bertz CT molecular complexity index is 1080. The number of hydrogen-bond donors (Lipinski definition) is 0. The monoisotopic (exact) mass is 425 g/mol. The van der Waals surface area contributed by atoms with Crippen LogP contribution in [0.1, 0.15) is 23.8 Å². The van der Waals surface area contributed by atoms with Crippen molar-refractivity contribution in [2.75, 3.05) is 6.61 Å². The summed E-state index contributed by atoms with van der Waals surface area (Å²) in [4.78, 5) is 23.1. The highest BCUT2D eigenvalue weighted by Gasteiger charge is 2.35. The van der Waals surface area contributed by atoms with Crippen LogP contribution < -0.4 is 4.74 Å². The summed E-state index contributed by atoms with van der Waals surface area (Å²) >= 11 is 5.96. The summed E-state index contributed by atoms with van der Waals surface area (Å²) in [5.74, 6) is 0.606. The maximum Gasteiger partial charge on any atom is 0.281 e. The van der Waals surface area contributed by atoms with Gasteiger partial charge in [0, 0.05) is 23.6 Å². The third-order valence-corrected chi connectivity index (χ3v) is 4.88. The normalized spacial score (nSPS) is 15.7. The van der Waals surface area contributed by atoms with Crippen LogP contribution in [0.3, 0.4) is 0 Å². The molecule has 1 amide bonds. The van der Waals surface area contributed by atoms with Gasteiger partial charge < -0.3 is 9.15 Å². The van der Waals surface area contributed by atoms with Crippen LogP contribution in [-0.2, 0) is 4.79 Å². The number of halogens is 1. The first kappa shape index (κ1) is 19.7. The quantitative estimate of drug-likeness (QED) is 0.424. The van der Waals surface area contributed by atoms with Gasteiger partial charge in [-0.2, -0.15) is 5.10 Å². The Morgan fingerprint density at radius 2 is 1.93 bits per heavy atom. The molecular formula is C21H16ClN3O5. The van der Waals surface area contributed by atoms with Crippen LogP contribution >= 0.6 is 11.6 Å². The minimum atomic E-state index is -0.500. The summed E-state index contributed by atoms with van der Waals surface area (Å²) in [5, 5.41) is 17.2. The Balaban J connectivity index is 1.51. The number of rotatable bonds is 6. The lowest BCUT2D eigenvalue weighted by molar-refractivity contribution is -0.384. The van der Waals surface area contributed by atoms with Crippen molar-refractivity contribution in [3.8, 4) is 5.75 Å². The first-order chi connectivity index (χ1) is 14.5. The van der Waals surface area contributed by atoms with Crippen molar-refractivity contribution in [1.82, 2.24) is 5.01 Å². The van der Waals surface area contributed by atoms with Crippen LogP contribution in [0.15, 0.2) is 76.4 Å². The van der Waals surface area contributed by atoms with Crippen LogP contribution in [0.25, 0.3) is 0 Å². The summed E-state index contributed by atoms with van der Waals surface area (Å²) < 4.78 is 11.0. The highest BCUT2D eigenvalue weighted by atomic mass is 35.5. The maximum atomic E-state index is 12.9. The molecule has 0 radical (unpaired) electrons. The number of benzene rings is 2. The van der Waals surface area contributed by atoms with Crippen LogP contribution in [0.5, 0.6) is 5.75 Å². The molecule has 1 atom stereocenters. The van der Waals surface area contributed by atoms with E-state index in [1.165, 1.54) is 29.3 Å². The zero-order chi connectivity index (χ0) is 21.1. The Kier molecular flexibility index (Phi) is 5.49. The Hall–Kier alpha value is -3.65. The number of non-ortho nitro benzene ring substituents is 1. The van der Waals surface area contributed by atoms with E-state index in [4.69, 9.17) is 20.8 Å². The topological polar surface area (TPSA) is 98.2 Å². The van der Waals surface area contributed by atoms with Crippen molar-refractivity contribution in [3.05, 3.63) is 93.4 Å². The SMILES string of the molecule is O=C(COc1ccc([N+](=O)[O-])cc1)N1N=C(c2ccc(Cl)cc2)CC1c1ccco1. The first-order valence-electron chi connectivity index (χ1n) is 9.07. The number of carbonyl (C=O) groups is 1. The zero-order valence-corrected chi connectivity index (χ0v) is 16.4. The number of hydrogen-bond acceptors (Lipinski definition) is 6. The van der Waals surface area contributed by atoms with Gasteiger partial charge in [-0.05, 0) is 42.0 Å². The lowest BCUT2D eigenvalue weighted by Gasteiger charge is -2.19. The second kappa shape index (κ2) is 8.38. The highest BCUT2D eigenvalue weighted by molar-refractivity contribution is 6.30.